The molecular weight excluding hydrogens is 209 g/mol. The van der Waals surface area contributed by atoms with E-state index < -0.39 is 18.5 Å². The van der Waals surface area contributed by atoms with Gasteiger partial charge in [0.05, 0.1) is 0 Å². The number of hydrogen-bond donors (Lipinski definition) is 1. The highest BCUT2D eigenvalue weighted by Gasteiger charge is 2.38. The van der Waals surface area contributed by atoms with Crippen molar-refractivity contribution >= 4 is 6.21 Å². The Kier molecular flexibility index (Phi) is 3.87. The van der Waals surface area contributed by atoms with Crippen molar-refractivity contribution in [2.75, 3.05) is 6.54 Å². The molecule has 0 amide bonds. The molecule has 0 aromatic carbocycles. The first-order valence-corrected chi connectivity index (χ1v) is 4.58. The highest BCUT2D eigenvalue weighted by atomic mass is 19.4. The molecule has 2 atom stereocenters. The first kappa shape index (κ1) is 12.2. The van der Waals surface area contributed by atoms with E-state index in [1.807, 2.05) is 0 Å². The van der Waals surface area contributed by atoms with Gasteiger partial charge < -0.3 is 10.5 Å². The van der Waals surface area contributed by atoms with Crippen LogP contribution in [0.4, 0.5) is 13.2 Å². The summed E-state index contributed by atoms with van der Waals surface area (Å²) in [4.78, 5) is 3.84. The van der Waals surface area contributed by atoms with Crippen molar-refractivity contribution in [3.05, 3.63) is 11.6 Å². The number of alkyl halides is 3. The van der Waals surface area contributed by atoms with Gasteiger partial charge in [-0.05, 0) is 12.5 Å². The SMILES string of the molecule is C[C@@H](OC1CC=C(CN)C=N1)C(F)(F)F. The van der Waals surface area contributed by atoms with Crippen LogP contribution >= 0.6 is 0 Å². The maximum atomic E-state index is 12.1. The molecular formula is C9H13F3N2O. The summed E-state index contributed by atoms with van der Waals surface area (Å²) in [5.74, 6) is 0. The van der Waals surface area contributed by atoms with Gasteiger partial charge in [-0.1, -0.05) is 6.08 Å². The van der Waals surface area contributed by atoms with Crippen LogP contribution in [0, 0.1) is 0 Å². The maximum absolute atomic E-state index is 12.1. The van der Waals surface area contributed by atoms with Gasteiger partial charge in [0.25, 0.3) is 0 Å². The van der Waals surface area contributed by atoms with E-state index in [1.54, 1.807) is 6.08 Å². The zero-order valence-corrected chi connectivity index (χ0v) is 8.29. The molecule has 0 radical (unpaired) electrons. The van der Waals surface area contributed by atoms with Gasteiger partial charge >= 0.3 is 6.18 Å². The fraction of sp³-hybridized carbons (Fsp3) is 0.667. The van der Waals surface area contributed by atoms with Crippen LogP contribution in [-0.2, 0) is 4.74 Å². The van der Waals surface area contributed by atoms with Crippen molar-refractivity contribution in [2.24, 2.45) is 10.7 Å². The van der Waals surface area contributed by atoms with E-state index in [2.05, 4.69) is 4.99 Å². The summed E-state index contributed by atoms with van der Waals surface area (Å²) in [5.41, 5.74) is 6.15. The smallest absolute Gasteiger partial charge is 0.344 e. The molecule has 15 heavy (non-hydrogen) atoms. The quantitative estimate of drug-likeness (QED) is 0.789. The first-order chi connectivity index (χ1) is 6.93. The number of aliphatic imine (C=N–C) groups is 1. The molecule has 0 saturated carbocycles. The molecule has 1 rings (SSSR count). The minimum Gasteiger partial charge on any atom is -0.344 e. The Labute approximate surface area is 85.8 Å². The standard InChI is InChI=1S/C9H13F3N2O/c1-6(9(10,11)12)15-8-3-2-7(4-13)5-14-8/h2,5-6,8H,3-4,13H2,1H3/t6-,8?/m1/s1. The molecule has 1 unspecified atom stereocenters. The molecule has 86 valence electrons. The number of dihydropyridines is 1. The fourth-order valence-corrected chi connectivity index (χ4v) is 1.08. The first-order valence-electron chi connectivity index (χ1n) is 4.58. The normalized spacial score (nSPS) is 23.8. The molecule has 6 heteroatoms. The zero-order chi connectivity index (χ0) is 11.5. The van der Waals surface area contributed by atoms with E-state index in [9.17, 15) is 13.2 Å². The van der Waals surface area contributed by atoms with Gasteiger partial charge in [0.2, 0.25) is 0 Å². The number of rotatable bonds is 3. The molecule has 1 heterocycles. The largest absolute Gasteiger partial charge is 0.414 e. The van der Waals surface area contributed by atoms with Gasteiger partial charge in [-0.3, -0.25) is 4.99 Å². The van der Waals surface area contributed by atoms with Crippen molar-refractivity contribution in [3.8, 4) is 0 Å². The molecule has 1 aliphatic rings. The van der Waals surface area contributed by atoms with E-state index in [0.29, 0.717) is 13.0 Å². The molecule has 0 aromatic heterocycles. The molecule has 0 fully saturated rings. The molecule has 1 aliphatic heterocycles. The Balaban J connectivity index is 2.44. The Morgan fingerprint density at radius 2 is 2.33 bits per heavy atom. The van der Waals surface area contributed by atoms with Crippen LogP contribution in [0.2, 0.25) is 0 Å². The third-order valence-electron chi connectivity index (χ3n) is 2.05. The lowest BCUT2D eigenvalue weighted by Crippen LogP contribution is -2.32. The van der Waals surface area contributed by atoms with Crippen molar-refractivity contribution in [1.29, 1.82) is 0 Å². The van der Waals surface area contributed by atoms with E-state index in [1.165, 1.54) is 6.21 Å². The molecule has 2 N–H and O–H groups in total. The molecule has 0 bridgehead atoms. The maximum Gasteiger partial charge on any atom is 0.414 e. The molecule has 0 spiro atoms. The second-order valence-electron chi connectivity index (χ2n) is 3.27. The average Bonchev–Trinajstić information content (AvgIpc) is 2.17. The summed E-state index contributed by atoms with van der Waals surface area (Å²) in [7, 11) is 0. The van der Waals surface area contributed by atoms with Gasteiger partial charge in [0.15, 0.2) is 12.3 Å². The lowest BCUT2D eigenvalue weighted by Gasteiger charge is -2.22. The van der Waals surface area contributed by atoms with Gasteiger partial charge in [0.1, 0.15) is 0 Å². The minimum absolute atomic E-state index is 0.337. The molecule has 0 aromatic rings. The Morgan fingerprint density at radius 1 is 1.67 bits per heavy atom. The van der Waals surface area contributed by atoms with Crippen LogP contribution in [0.15, 0.2) is 16.6 Å². The van der Waals surface area contributed by atoms with Gasteiger partial charge in [-0.25, -0.2) is 0 Å². The predicted molar refractivity (Wildman–Crippen MR) is 50.6 cm³/mol. The third-order valence-corrected chi connectivity index (χ3v) is 2.05. The number of nitrogens with two attached hydrogens (primary N) is 1. The van der Waals surface area contributed by atoms with Crippen LogP contribution in [0.25, 0.3) is 0 Å². The Bertz CT molecular complexity index is 273. The summed E-state index contributed by atoms with van der Waals surface area (Å²) in [6.45, 7) is 1.31. The van der Waals surface area contributed by atoms with Crippen molar-refractivity contribution in [1.82, 2.24) is 0 Å². The van der Waals surface area contributed by atoms with Crippen molar-refractivity contribution in [3.63, 3.8) is 0 Å². The van der Waals surface area contributed by atoms with E-state index in [4.69, 9.17) is 10.5 Å². The van der Waals surface area contributed by atoms with Gasteiger partial charge in [-0.2, -0.15) is 13.2 Å². The lowest BCUT2D eigenvalue weighted by atomic mass is 10.2. The summed E-state index contributed by atoms with van der Waals surface area (Å²) in [6.07, 6.45) is -3.36. The third kappa shape index (κ3) is 3.64. The second kappa shape index (κ2) is 4.76. The topological polar surface area (TPSA) is 47.6 Å². The fourth-order valence-electron chi connectivity index (χ4n) is 1.08. The number of nitrogens with zero attached hydrogens (tertiary/aromatic N) is 1. The summed E-state index contributed by atoms with van der Waals surface area (Å²) < 4.78 is 41.1. The number of halogens is 3. The minimum atomic E-state index is -4.34. The molecule has 0 saturated heterocycles. The highest BCUT2D eigenvalue weighted by molar-refractivity contribution is 5.79. The van der Waals surface area contributed by atoms with Crippen LogP contribution in [-0.4, -0.2) is 31.3 Å². The number of ether oxygens (including phenoxy) is 1. The monoisotopic (exact) mass is 222 g/mol. The van der Waals surface area contributed by atoms with Crippen molar-refractivity contribution in [2.45, 2.75) is 31.9 Å². The van der Waals surface area contributed by atoms with Crippen LogP contribution in [0.3, 0.4) is 0 Å². The van der Waals surface area contributed by atoms with Crippen LogP contribution in [0.1, 0.15) is 13.3 Å². The predicted octanol–water partition coefficient (Wildman–Crippen LogP) is 1.64. The summed E-state index contributed by atoms with van der Waals surface area (Å²) in [6, 6.07) is 0. The summed E-state index contributed by atoms with van der Waals surface area (Å²) in [5, 5.41) is 0. The highest BCUT2D eigenvalue weighted by Crippen LogP contribution is 2.25. The molecule has 0 aliphatic carbocycles. The van der Waals surface area contributed by atoms with E-state index in [-0.39, 0.29) is 0 Å². The average molecular weight is 222 g/mol. The Hall–Kier alpha value is -0.880. The van der Waals surface area contributed by atoms with Crippen LogP contribution < -0.4 is 5.73 Å². The van der Waals surface area contributed by atoms with Crippen molar-refractivity contribution < 1.29 is 17.9 Å². The van der Waals surface area contributed by atoms with Gasteiger partial charge in [0, 0.05) is 19.2 Å². The van der Waals surface area contributed by atoms with E-state index >= 15 is 0 Å². The van der Waals surface area contributed by atoms with E-state index in [0.717, 1.165) is 12.5 Å². The zero-order valence-electron chi connectivity index (χ0n) is 8.29. The summed E-state index contributed by atoms with van der Waals surface area (Å²) >= 11 is 0. The number of hydrogen-bond acceptors (Lipinski definition) is 3. The second-order valence-corrected chi connectivity index (χ2v) is 3.27. The van der Waals surface area contributed by atoms with Crippen LogP contribution in [0.5, 0.6) is 0 Å². The molecule has 3 nitrogen and oxygen atoms in total. The van der Waals surface area contributed by atoms with Gasteiger partial charge in [-0.15, -0.1) is 0 Å². The lowest BCUT2D eigenvalue weighted by molar-refractivity contribution is -0.225. The Morgan fingerprint density at radius 3 is 2.73 bits per heavy atom.